The molecule has 560 valence electrons. The van der Waals surface area contributed by atoms with Gasteiger partial charge in [-0.1, -0.05) is 111 Å². The van der Waals surface area contributed by atoms with Crippen molar-refractivity contribution in [1.82, 2.24) is 42.5 Å². The third kappa shape index (κ3) is 27.0. The fourth-order valence-corrected chi connectivity index (χ4v) is 17.7. The van der Waals surface area contributed by atoms with Crippen molar-refractivity contribution < 1.29 is 115 Å². The Kier molecular flexibility index (Phi) is 36.9. The largest absolute Gasteiger partial charge is 0.467 e. The van der Waals surface area contributed by atoms with Crippen LogP contribution in [0.5, 0.6) is 0 Å². The van der Waals surface area contributed by atoms with Crippen molar-refractivity contribution >= 4 is 181 Å². The van der Waals surface area contributed by atoms with Crippen LogP contribution in [0.2, 0.25) is 0 Å². The quantitative estimate of drug-likeness (QED) is 0.0713. The number of hydrogen-bond donors (Lipinski definition) is 8. The lowest BCUT2D eigenvalue weighted by molar-refractivity contribution is -0.143. The van der Waals surface area contributed by atoms with Crippen LogP contribution < -0.4 is 42.5 Å². The van der Waals surface area contributed by atoms with Crippen LogP contribution in [0.25, 0.3) is 0 Å². The fourth-order valence-electron chi connectivity index (χ4n) is 8.56. The van der Waals surface area contributed by atoms with Crippen molar-refractivity contribution in [2.45, 2.75) is 48.3 Å². The topological polar surface area (TPSA) is 443 Å². The second-order valence-corrected chi connectivity index (χ2v) is 31.2. The molecule has 1 aliphatic rings. The highest BCUT2D eigenvalue weighted by Gasteiger charge is 2.32. The van der Waals surface area contributed by atoms with Gasteiger partial charge >= 0.3 is 47.8 Å². The molecule has 1 aliphatic heterocycles. The van der Waals surface area contributed by atoms with Gasteiger partial charge in [0.1, 0.15) is 48.3 Å². The number of hydrogen-bond acceptors (Lipinski definition) is 32. The first kappa shape index (κ1) is 85.8. The summed E-state index contributed by atoms with van der Waals surface area (Å²) in [5.74, 6) is -14.7. The average molecular weight is 1590 g/mol. The molecule has 32 nitrogen and oxygen atoms in total. The molecule has 0 saturated carbocycles. The maximum Gasteiger partial charge on any atom is 0.329 e. The number of rotatable bonds is 8. The van der Waals surface area contributed by atoms with Crippen LogP contribution in [0.1, 0.15) is 82.9 Å². The molecular formula is C64H72N8O24S8. The van der Waals surface area contributed by atoms with Gasteiger partial charge in [-0.05, 0) is 72.8 Å². The summed E-state index contributed by atoms with van der Waals surface area (Å²) in [6, 6.07) is 10.6. The normalized spacial score (nSPS) is 21.2. The van der Waals surface area contributed by atoms with Crippen molar-refractivity contribution in [2.24, 2.45) is 0 Å². The Balaban J connectivity index is 1.39. The van der Waals surface area contributed by atoms with E-state index in [1.54, 1.807) is 0 Å². The van der Waals surface area contributed by atoms with Crippen LogP contribution in [-0.2, 0) is 76.3 Å². The number of ether oxygens (including phenoxy) is 8. The molecule has 0 aromatic heterocycles. The molecule has 4 aromatic rings. The molecule has 0 fully saturated rings. The maximum absolute atomic E-state index is 13.7. The monoisotopic (exact) mass is 1590 g/mol. The minimum atomic E-state index is -1.31. The van der Waals surface area contributed by atoms with Crippen molar-refractivity contribution in [1.29, 1.82) is 0 Å². The van der Waals surface area contributed by atoms with Gasteiger partial charge in [0, 0.05) is 90.5 Å². The lowest BCUT2D eigenvalue weighted by Crippen LogP contribution is -2.45. The molecule has 8 amide bonds. The lowest BCUT2D eigenvalue weighted by atomic mass is 10.1. The Morgan fingerprint density at radius 1 is 0.231 bits per heavy atom. The number of carbonyl (C=O) groups excluding carboxylic acids is 16. The molecule has 8 atom stereocenters. The first-order valence-corrected chi connectivity index (χ1v) is 40.3. The Morgan fingerprint density at radius 3 is 0.433 bits per heavy atom. The van der Waals surface area contributed by atoms with Gasteiger partial charge in [-0.15, -0.1) is 0 Å². The maximum atomic E-state index is 13.7. The van der Waals surface area contributed by atoms with Crippen LogP contribution in [0, 0.1) is 0 Å². The first-order valence-electron chi connectivity index (χ1n) is 30.3. The number of nitrogens with one attached hydrogen (secondary N) is 8. The van der Waals surface area contributed by atoms with E-state index < -0.39 is 143 Å². The van der Waals surface area contributed by atoms with Gasteiger partial charge in [0.05, 0.1) is 56.9 Å². The Labute approximate surface area is 627 Å². The number of esters is 8. The van der Waals surface area contributed by atoms with Gasteiger partial charge < -0.3 is 80.4 Å². The zero-order valence-corrected chi connectivity index (χ0v) is 63.1. The van der Waals surface area contributed by atoms with E-state index in [0.717, 1.165) is 143 Å². The summed E-state index contributed by atoms with van der Waals surface area (Å²) in [5, 5.41) is 20.4. The first-order chi connectivity index (χ1) is 49.8. The Bertz CT molecular complexity index is 3100. The number of benzene rings is 4. The summed E-state index contributed by atoms with van der Waals surface area (Å²) < 4.78 is 39.5. The summed E-state index contributed by atoms with van der Waals surface area (Å²) in [6.45, 7) is 0. The molecule has 8 N–H and O–H groups in total. The lowest BCUT2D eigenvalue weighted by Gasteiger charge is -2.19. The van der Waals surface area contributed by atoms with Crippen molar-refractivity contribution in [3.05, 3.63) is 142 Å². The van der Waals surface area contributed by atoms with Gasteiger partial charge in [0.25, 0.3) is 47.3 Å². The standard InChI is InChI=1S/C64H72N8O24S8/c1-89-57(81)41-25-97-98-26-42(58(82)90-2)66-51(75)35-15-10-16-36(22-35)52(76)68-45(61(85)93-5)29-101-102-30-46(62(86)94-6)70-55(79)39-19-12-20-40(24-39)56(80)72-48(64(88)96-8)32-104-103-31-47(63(87)95-7)71-54(78)38-18-11-17-37(23-38)53(77)69-44(60(84)92-4)28-100-99-27-43(59(83)91-3)67-50(74)34-14-9-13-33(21-34)49(73)65-41/h9-24,41-48H,25-32H2,1-8H3,(H,65,73)(H,66,75)(H,67,74)(H,68,76)(H,69,77)(H,70,79)(H,71,78)(H,72,80)/t41-,42-,43-,44-,45-,46-,47-,48-/m0/s1. The van der Waals surface area contributed by atoms with Gasteiger partial charge in [-0.3, -0.25) is 38.4 Å². The third-order valence-electron chi connectivity index (χ3n) is 14.1. The second kappa shape index (κ2) is 44.8. The van der Waals surface area contributed by atoms with Crippen LogP contribution in [-0.4, -0.2) is 246 Å². The SMILES string of the molecule is COC(=O)[C@@H]1CSSC[C@@H](C(=O)OC)NC(=O)c2cccc(c2)C(=O)N[C@H](C(=O)OC)CSSC[C@@H](C(=O)OC)NC(=O)c2cccc(c2)C(=O)N[C@H](C(=O)OC)CSSC[C@@H](C(=O)OC)NC(=O)c2cccc(c2)C(=O)N[C@H](C(=O)OC)CSSC[C@@H](C(=O)OC)NC(=O)c2cccc(c2)C(=O)N1. The summed E-state index contributed by atoms with van der Waals surface area (Å²) in [4.78, 5) is 214. The number of methoxy groups -OCH3 is 8. The summed E-state index contributed by atoms with van der Waals surface area (Å²) in [7, 11) is 16.7. The molecular weight excluding hydrogens is 1520 g/mol. The molecule has 0 spiro atoms. The van der Waals surface area contributed by atoms with Crippen molar-refractivity contribution in [2.75, 3.05) is 103 Å². The van der Waals surface area contributed by atoms with E-state index in [1.165, 1.54) is 97.1 Å². The number of carbonyl (C=O) groups is 16. The molecule has 0 radical (unpaired) electrons. The molecule has 5 rings (SSSR count). The van der Waals surface area contributed by atoms with Crippen LogP contribution in [0.3, 0.4) is 0 Å². The van der Waals surface area contributed by atoms with E-state index in [9.17, 15) is 76.7 Å². The van der Waals surface area contributed by atoms with E-state index in [1.807, 2.05) is 0 Å². The molecule has 1 heterocycles. The molecule has 40 heteroatoms. The van der Waals surface area contributed by atoms with Crippen molar-refractivity contribution in [3.8, 4) is 0 Å². The third-order valence-corrected chi connectivity index (χ3v) is 23.8. The predicted molar refractivity (Wildman–Crippen MR) is 392 cm³/mol. The average Bonchev–Trinajstić information content (AvgIpc) is 0.862. The van der Waals surface area contributed by atoms with E-state index in [4.69, 9.17) is 37.9 Å². The van der Waals surface area contributed by atoms with E-state index >= 15 is 0 Å². The highest BCUT2D eigenvalue weighted by molar-refractivity contribution is 8.77. The summed E-state index contributed by atoms with van der Waals surface area (Å²) in [5.41, 5.74) is -0.734. The number of amides is 8. The van der Waals surface area contributed by atoms with Gasteiger partial charge in [0.15, 0.2) is 0 Å². The minimum Gasteiger partial charge on any atom is -0.467 e. The number of fused-ring (bicyclic) bond motifs is 8. The van der Waals surface area contributed by atoms with Crippen molar-refractivity contribution in [3.63, 3.8) is 0 Å². The molecule has 4 aromatic carbocycles. The predicted octanol–water partition coefficient (Wildman–Crippen LogP) is 2.50. The Hall–Kier alpha value is -8.80. The van der Waals surface area contributed by atoms with Gasteiger partial charge in [-0.2, -0.15) is 0 Å². The minimum absolute atomic E-state index is 0.0917. The molecule has 0 saturated heterocycles. The smallest absolute Gasteiger partial charge is 0.329 e. The van der Waals surface area contributed by atoms with Crippen LogP contribution in [0.15, 0.2) is 97.1 Å². The molecule has 0 unspecified atom stereocenters. The summed E-state index contributed by atoms with van der Waals surface area (Å²) >= 11 is 0. The van der Waals surface area contributed by atoms with Crippen LogP contribution in [0.4, 0.5) is 0 Å². The van der Waals surface area contributed by atoms with E-state index in [-0.39, 0.29) is 90.5 Å². The Morgan fingerprint density at radius 2 is 0.337 bits per heavy atom. The van der Waals surface area contributed by atoms with Crippen LogP contribution >= 0.6 is 86.4 Å². The molecule has 8 bridgehead atoms. The molecule has 0 aliphatic carbocycles. The zero-order chi connectivity index (χ0) is 76.4. The zero-order valence-electron chi connectivity index (χ0n) is 56.6. The van der Waals surface area contributed by atoms with E-state index in [0.29, 0.717) is 0 Å². The van der Waals surface area contributed by atoms with E-state index in [2.05, 4.69) is 42.5 Å². The molecule has 104 heavy (non-hydrogen) atoms. The van der Waals surface area contributed by atoms with Gasteiger partial charge in [0.2, 0.25) is 0 Å². The van der Waals surface area contributed by atoms with Gasteiger partial charge in [-0.25, -0.2) is 38.4 Å². The second-order valence-electron chi connectivity index (χ2n) is 21.0. The highest BCUT2D eigenvalue weighted by Crippen LogP contribution is 2.28. The fraction of sp³-hybridized carbons (Fsp3) is 0.375. The highest BCUT2D eigenvalue weighted by atomic mass is 33.1. The summed E-state index contributed by atoms with van der Waals surface area (Å²) in [6.07, 6.45) is 0.